The molecule has 5 heteroatoms. The fourth-order valence-electron chi connectivity index (χ4n) is 4.27. The molecule has 0 aliphatic heterocycles. The van der Waals surface area contributed by atoms with Crippen LogP contribution in [0.1, 0.15) is 11.1 Å². The molecule has 0 saturated carbocycles. The smallest absolute Gasteiger partial charge is 0.149 e. The lowest BCUT2D eigenvalue weighted by Gasteiger charge is -2.07. The van der Waals surface area contributed by atoms with Crippen LogP contribution in [0.15, 0.2) is 103 Å². The molecule has 6 rings (SSSR count). The third-order valence-electron chi connectivity index (χ3n) is 6.30. The molecule has 2 heterocycles. The van der Waals surface area contributed by atoms with Crippen molar-refractivity contribution in [3.8, 4) is 22.5 Å². The maximum absolute atomic E-state index is 13.7. The van der Waals surface area contributed by atoms with Crippen LogP contribution >= 0.6 is 0 Å². The van der Waals surface area contributed by atoms with Crippen molar-refractivity contribution in [3.05, 3.63) is 132 Å². The van der Waals surface area contributed by atoms with Gasteiger partial charge in [0.1, 0.15) is 17.5 Å². The summed E-state index contributed by atoms with van der Waals surface area (Å²) in [6, 6.07) is 27.1. The van der Waals surface area contributed by atoms with Gasteiger partial charge in [0.15, 0.2) is 0 Å². The van der Waals surface area contributed by atoms with E-state index in [1.807, 2.05) is 48.5 Å². The van der Waals surface area contributed by atoms with Crippen LogP contribution in [0.2, 0.25) is 0 Å². The number of aromatic nitrogens is 2. The van der Waals surface area contributed by atoms with Crippen LogP contribution in [-0.2, 0) is 0 Å². The zero-order valence-corrected chi connectivity index (χ0v) is 20.3. The average Bonchev–Trinajstić information content (AvgIpc) is 2.92. The standard InChI is InChI=1S/C16H11F2N.C16H12FN/c1-10-8-11(6-7-14(10)17)16-13-5-3-2-4-12(13)15(18)9-19-16;1-11-6-7-13(10-15(11)17)16-14-5-3-2-4-12(14)8-9-18-16/h2-9H,1H3;2-10H,1H3. The molecule has 0 spiro atoms. The van der Waals surface area contributed by atoms with Crippen LogP contribution < -0.4 is 0 Å². The minimum absolute atomic E-state index is 0.192. The predicted molar refractivity (Wildman–Crippen MR) is 144 cm³/mol. The van der Waals surface area contributed by atoms with Crippen molar-refractivity contribution in [2.24, 2.45) is 0 Å². The highest BCUT2D eigenvalue weighted by Crippen LogP contribution is 2.29. The van der Waals surface area contributed by atoms with Crippen molar-refractivity contribution in [2.45, 2.75) is 13.8 Å². The van der Waals surface area contributed by atoms with E-state index in [1.165, 1.54) is 12.3 Å². The summed E-state index contributed by atoms with van der Waals surface area (Å²) in [5.74, 6) is -0.796. The van der Waals surface area contributed by atoms with Gasteiger partial charge in [-0.15, -0.1) is 0 Å². The number of aryl methyl sites for hydroxylation is 2. The Morgan fingerprint density at radius 3 is 1.92 bits per heavy atom. The number of nitrogens with zero attached hydrogens (tertiary/aromatic N) is 2. The molecule has 2 nitrogen and oxygen atoms in total. The fourth-order valence-corrected chi connectivity index (χ4v) is 4.27. The molecule has 2 aromatic heterocycles. The van der Waals surface area contributed by atoms with E-state index < -0.39 is 0 Å². The monoisotopic (exact) mass is 492 g/mol. The van der Waals surface area contributed by atoms with Crippen LogP contribution in [-0.4, -0.2) is 9.97 Å². The summed E-state index contributed by atoms with van der Waals surface area (Å²) in [6.07, 6.45) is 2.96. The molecule has 4 aromatic carbocycles. The first-order valence-electron chi connectivity index (χ1n) is 11.8. The summed E-state index contributed by atoms with van der Waals surface area (Å²) in [5, 5.41) is 3.41. The lowest BCUT2D eigenvalue weighted by Crippen LogP contribution is -1.91. The number of benzene rings is 4. The molecule has 0 fully saturated rings. The Hall–Kier alpha value is -4.51. The lowest BCUT2D eigenvalue weighted by molar-refractivity contribution is 0.618. The number of hydrogen-bond acceptors (Lipinski definition) is 2. The Morgan fingerprint density at radius 2 is 1.16 bits per heavy atom. The summed E-state index contributed by atoms with van der Waals surface area (Å²) in [5.41, 5.74) is 4.30. The van der Waals surface area contributed by atoms with E-state index >= 15 is 0 Å². The van der Waals surface area contributed by atoms with Crippen LogP contribution in [0.3, 0.4) is 0 Å². The van der Waals surface area contributed by atoms with Crippen LogP contribution in [0.4, 0.5) is 13.2 Å². The first-order valence-corrected chi connectivity index (χ1v) is 11.8. The SMILES string of the molecule is Cc1cc(-c2ncc(F)c3ccccc23)ccc1F.Cc1ccc(-c2nccc3ccccc23)cc1F. The molecule has 182 valence electrons. The Labute approximate surface area is 213 Å². The Bertz CT molecular complexity index is 1740. The highest BCUT2D eigenvalue weighted by Gasteiger charge is 2.10. The van der Waals surface area contributed by atoms with E-state index in [9.17, 15) is 13.2 Å². The lowest BCUT2D eigenvalue weighted by atomic mass is 10.0. The highest BCUT2D eigenvalue weighted by molar-refractivity contribution is 5.95. The van der Waals surface area contributed by atoms with Gasteiger partial charge >= 0.3 is 0 Å². The molecule has 0 aliphatic rings. The quantitative estimate of drug-likeness (QED) is 0.241. The molecule has 0 unspecified atom stereocenters. The molecule has 0 atom stereocenters. The van der Waals surface area contributed by atoms with Crippen molar-refractivity contribution in [1.82, 2.24) is 9.97 Å². The van der Waals surface area contributed by atoms with Crippen molar-refractivity contribution in [3.63, 3.8) is 0 Å². The summed E-state index contributed by atoms with van der Waals surface area (Å²) in [7, 11) is 0. The normalized spacial score (nSPS) is 10.8. The molecule has 6 aromatic rings. The number of halogens is 3. The van der Waals surface area contributed by atoms with Gasteiger partial charge in [0, 0.05) is 33.5 Å². The van der Waals surface area contributed by atoms with Gasteiger partial charge in [-0.05, 0) is 60.7 Å². The number of rotatable bonds is 2. The molecule has 0 aliphatic carbocycles. The minimum atomic E-state index is -0.349. The molecule has 0 N–H and O–H groups in total. The van der Waals surface area contributed by atoms with Crippen LogP contribution in [0, 0.1) is 31.3 Å². The summed E-state index contributed by atoms with van der Waals surface area (Å²) >= 11 is 0. The summed E-state index contributed by atoms with van der Waals surface area (Å²) in [4.78, 5) is 8.53. The first-order chi connectivity index (χ1) is 17.9. The molecule has 37 heavy (non-hydrogen) atoms. The van der Waals surface area contributed by atoms with Gasteiger partial charge in [-0.3, -0.25) is 9.97 Å². The topological polar surface area (TPSA) is 25.8 Å². The molecular formula is C32H23F3N2. The molecule has 0 saturated heterocycles. The minimum Gasteiger partial charge on any atom is -0.256 e. The van der Waals surface area contributed by atoms with E-state index in [0.29, 0.717) is 22.2 Å². The molecule has 0 radical (unpaired) electrons. The largest absolute Gasteiger partial charge is 0.256 e. The molecule has 0 bridgehead atoms. The maximum Gasteiger partial charge on any atom is 0.149 e. The number of hydrogen-bond donors (Lipinski definition) is 0. The Balaban J connectivity index is 0.000000152. The average molecular weight is 493 g/mol. The van der Waals surface area contributed by atoms with Gasteiger partial charge in [-0.25, -0.2) is 13.2 Å². The third-order valence-corrected chi connectivity index (χ3v) is 6.30. The zero-order chi connectivity index (χ0) is 25.9. The second-order valence-electron chi connectivity index (χ2n) is 8.81. The Kier molecular flexibility index (Phi) is 6.69. The maximum atomic E-state index is 13.7. The van der Waals surface area contributed by atoms with E-state index in [2.05, 4.69) is 9.97 Å². The first kappa shape index (κ1) is 24.2. The summed E-state index contributed by atoms with van der Waals surface area (Å²) < 4.78 is 40.7. The second kappa shape index (κ2) is 10.2. The number of fused-ring (bicyclic) bond motifs is 2. The zero-order valence-electron chi connectivity index (χ0n) is 20.3. The van der Waals surface area contributed by atoms with Crippen molar-refractivity contribution in [1.29, 1.82) is 0 Å². The van der Waals surface area contributed by atoms with Crippen molar-refractivity contribution in [2.75, 3.05) is 0 Å². The van der Waals surface area contributed by atoms with Gasteiger partial charge in [0.05, 0.1) is 17.6 Å². The van der Waals surface area contributed by atoms with Crippen LogP contribution in [0.5, 0.6) is 0 Å². The fraction of sp³-hybridized carbons (Fsp3) is 0.0625. The van der Waals surface area contributed by atoms with E-state index in [0.717, 1.165) is 33.0 Å². The Morgan fingerprint density at radius 1 is 0.514 bits per heavy atom. The van der Waals surface area contributed by atoms with Gasteiger partial charge in [0.25, 0.3) is 0 Å². The van der Waals surface area contributed by atoms with Gasteiger partial charge in [-0.2, -0.15) is 0 Å². The van der Waals surface area contributed by atoms with Crippen molar-refractivity contribution < 1.29 is 13.2 Å². The predicted octanol–water partition coefficient (Wildman–Crippen LogP) is 8.84. The highest BCUT2D eigenvalue weighted by atomic mass is 19.1. The van der Waals surface area contributed by atoms with E-state index in [-0.39, 0.29) is 17.5 Å². The molecular weight excluding hydrogens is 469 g/mol. The summed E-state index contributed by atoms with van der Waals surface area (Å²) in [6.45, 7) is 3.46. The van der Waals surface area contributed by atoms with Gasteiger partial charge in [0.2, 0.25) is 0 Å². The number of pyridine rings is 2. The van der Waals surface area contributed by atoms with Gasteiger partial charge in [-0.1, -0.05) is 60.7 Å². The molecule has 0 amide bonds. The third kappa shape index (κ3) is 4.94. The second-order valence-corrected chi connectivity index (χ2v) is 8.81. The van der Waals surface area contributed by atoms with Gasteiger partial charge < -0.3 is 0 Å². The van der Waals surface area contributed by atoms with E-state index in [1.54, 1.807) is 56.4 Å². The van der Waals surface area contributed by atoms with Crippen LogP contribution in [0.25, 0.3) is 44.1 Å². The van der Waals surface area contributed by atoms with Crippen molar-refractivity contribution >= 4 is 21.5 Å². The van der Waals surface area contributed by atoms with E-state index in [4.69, 9.17) is 0 Å².